The molecule has 2 fully saturated rings. The molecule has 18 heavy (non-hydrogen) atoms. The van der Waals surface area contributed by atoms with Gasteiger partial charge in [0.25, 0.3) is 11.8 Å². The first-order valence-electron chi connectivity index (χ1n) is 6.42. The molecule has 0 aromatic carbocycles. The fourth-order valence-corrected chi connectivity index (χ4v) is 2.77. The van der Waals surface area contributed by atoms with E-state index >= 15 is 0 Å². The molecule has 0 radical (unpaired) electrons. The largest absolute Gasteiger partial charge is 0.328 e. The minimum atomic E-state index is -1.21. The zero-order valence-corrected chi connectivity index (χ0v) is 10.8. The molecule has 0 aromatic heterocycles. The van der Waals surface area contributed by atoms with E-state index in [2.05, 4.69) is 17.6 Å². The second kappa shape index (κ2) is 4.68. The Morgan fingerprint density at radius 2 is 1.67 bits per heavy atom. The average Bonchev–Trinajstić information content (AvgIpc) is 2.31. The van der Waals surface area contributed by atoms with Crippen LogP contribution in [0.3, 0.4) is 0 Å². The number of hydrogen-bond donors (Lipinski definition) is 2. The van der Waals surface area contributed by atoms with E-state index < -0.39 is 23.4 Å². The maximum absolute atomic E-state index is 12.1. The first-order valence-corrected chi connectivity index (χ1v) is 6.42. The highest BCUT2D eigenvalue weighted by atomic mass is 16.2. The number of imide groups is 2. The van der Waals surface area contributed by atoms with Crippen LogP contribution >= 0.6 is 0 Å². The standard InChI is InChI=1S/C12H19N3O3/c1-3-12(15-6-4-8(2)5-7-15)9(16)13-11(18)14-10(12)17/h8H,3-7H2,1-2H3,(H2,13,14,16,17,18). The first-order chi connectivity index (χ1) is 8.50. The number of barbiturate groups is 1. The molecule has 0 aromatic rings. The van der Waals surface area contributed by atoms with Crippen molar-refractivity contribution >= 4 is 17.8 Å². The van der Waals surface area contributed by atoms with Gasteiger partial charge in [-0.25, -0.2) is 4.79 Å². The molecular formula is C12H19N3O3. The molecule has 6 nitrogen and oxygen atoms in total. The molecule has 2 heterocycles. The lowest BCUT2D eigenvalue weighted by Crippen LogP contribution is -2.73. The number of nitrogens with one attached hydrogen (secondary N) is 2. The van der Waals surface area contributed by atoms with E-state index in [1.54, 1.807) is 6.92 Å². The van der Waals surface area contributed by atoms with Crippen LogP contribution in [0.15, 0.2) is 0 Å². The number of carbonyl (C=O) groups is 3. The van der Waals surface area contributed by atoms with E-state index in [0.29, 0.717) is 25.4 Å². The van der Waals surface area contributed by atoms with E-state index in [1.165, 1.54) is 0 Å². The van der Waals surface area contributed by atoms with E-state index in [-0.39, 0.29) is 0 Å². The Hall–Kier alpha value is -1.43. The van der Waals surface area contributed by atoms with Crippen molar-refractivity contribution in [2.45, 2.75) is 38.6 Å². The molecule has 2 aliphatic rings. The van der Waals surface area contributed by atoms with Crippen molar-refractivity contribution in [3.63, 3.8) is 0 Å². The van der Waals surface area contributed by atoms with Crippen LogP contribution in [0.4, 0.5) is 4.79 Å². The summed E-state index contributed by atoms with van der Waals surface area (Å²) >= 11 is 0. The summed E-state index contributed by atoms with van der Waals surface area (Å²) < 4.78 is 0. The van der Waals surface area contributed by atoms with Gasteiger partial charge in [-0.2, -0.15) is 0 Å². The van der Waals surface area contributed by atoms with Crippen LogP contribution < -0.4 is 10.6 Å². The molecule has 2 N–H and O–H groups in total. The second-order valence-corrected chi connectivity index (χ2v) is 5.12. The van der Waals surface area contributed by atoms with Crippen LogP contribution in [0.5, 0.6) is 0 Å². The topological polar surface area (TPSA) is 78.5 Å². The number of nitrogens with zero attached hydrogens (tertiary/aromatic N) is 1. The lowest BCUT2D eigenvalue weighted by molar-refractivity contribution is -0.149. The Morgan fingerprint density at radius 3 is 2.11 bits per heavy atom. The molecule has 0 atom stereocenters. The molecule has 2 saturated heterocycles. The van der Waals surface area contributed by atoms with Gasteiger partial charge in [-0.05, 0) is 38.3 Å². The van der Waals surface area contributed by atoms with Gasteiger partial charge in [-0.3, -0.25) is 25.1 Å². The van der Waals surface area contributed by atoms with Gasteiger partial charge in [0, 0.05) is 0 Å². The summed E-state index contributed by atoms with van der Waals surface area (Å²) in [5.74, 6) is -0.367. The highest BCUT2D eigenvalue weighted by Gasteiger charge is 2.53. The average molecular weight is 253 g/mol. The molecule has 2 aliphatic heterocycles. The highest BCUT2D eigenvalue weighted by molar-refractivity contribution is 6.22. The van der Waals surface area contributed by atoms with Crippen molar-refractivity contribution < 1.29 is 14.4 Å². The fourth-order valence-electron chi connectivity index (χ4n) is 2.77. The first kappa shape index (κ1) is 13.0. The number of carbonyl (C=O) groups excluding carboxylic acids is 3. The van der Waals surface area contributed by atoms with Gasteiger partial charge in [0.1, 0.15) is 0 Å². The summed E-state index contributed by atoms with van der Waals surface area (Å²) in [6, 6.07) is -0.723. The Balaban J connectivity index is 2.26. The molecule has 0 aliphatic carbocycles. The number of rotatable bonds is 2. The quantitative estimate of drug-likeness (QED) is 0.691. The van der Waals surface area contributed by atoms with Gasteiger partial charge in [0.15, 0.2) is 5.54 Å². The van der Waals surface area contributed by atoms with Gasteiger partial charge in [0.05, 0.1) is 0 Å². The van der Waals surface area contributed by atoms with E-state index in [4.69, 9.17) is 0 Å². The van der Waals surface area contributed by atoms with Gasteiger partial charge in [-0.1, -0.05) is 13.8 Å². The third-order valence-corrected chi connectivity index (χ3v) is 4.04. The molecule has 4 amide bonds. The molecule has 0 saturated carbocycles. The van der Waals surface area contributed by atoms with Crippen LogP contribution in [-0.2, 0) is 9.59 Å². The summed E-state index contributed by atoms with van der Waals surface area (Å²) in [6.07, 6.45) is 2.30. The number of piperidine rings is 1. The van der Waals surface area contributed by atoms with Crippen molar-refractivity contribution in [3.05, 3.63) is 0 Å². The number of likely N-dealkylation sites (tertiary alicyclic amines) is 1. The van der Waals surface area contributed by atoms with Crippen molar-refractivity contribution in [2.75, 3.05) is 13.1 Å². The summed E-state index contributed by atoms with van der Waals surface area (Å²) in [6.45, 7) is 5.39. The number of amides is 4. The predicted octanol–water partition coefficient (Wildman–Crippen LogP) is 0.233. The Kier molecular flexibility index (Phi) is 3.38. The zero-order chi connectivity index (χ0) is 13.3. The van der Waals surface area contributed by atoms with Crippen LogP contribution in [0.25, 0.3) is 0 Å². The van der Waals surface area contributed by atoms with Crippen molar-refractivity contribution in [2.24, 2.45) is 5.92 Å². The van der Waals surface area contributed by atoms with E-state index in [0.717, 1.165) is 12.8 Å². The SMILES string of the molecule is CCC1(N2CCC(C)CC2)C(=O)NC(=O)NC1=O. The third-order valence-electron chi connectivity index (χ3n) is 4.04. The van der Waals surface area contributed by atoms with Crippen LogP contribution in [0, 0.1) is 5.92 Å². The van der Waals surface area contributed by atoms with Crippen LogP contribution in [0.1, 0.15) is 33.1 Å². The molecule has 100 valence electrons. The molecular weight excluding hydrogens is 234 g/mol. The number of hydrogen-bond acceptors (Lipinski definition) is 4. The molecule has 6 heteroatoms. The third kappa shape index (κ3) is 1.90. The highest BCUT2D eigenvalue weighted by Crippen LogP contribution is 2.28. The summed E-state index contributed by atoms with van der Waals surface area (Å²) in [7, 11) is 0. The molecule has 0 spiro atoms. The van der Waals surface area contributed by atoms with Crippen LogP contribution in [-0.4, -0.2) is 41.4 Å². The normalized spacial score (nSPS) is 25.8. The Morgan fingerprint density at radius 1 is 1.17 bits per heavy atom. The van der Waals surface area contributed by atoms with Crippen molar-refractivity contribution in [1.29, 1.82) is 0 Å². The number of urea groups is 1. The molecule has 0 unspecified atom stereocenters. The minimum absolute atomic E-state index is 0.367. The van der Waals surface area contributed by atoms with E-state index in [9.17, 15) is 14.4 Å². The Labute approximate surface area is 106 Å². The zero-order valence-electron chi connectivity index (χ0n) is 10.8. The molecule has 2 rings (SSSR count). The maximum atomic E-state index is 12.1. The smallest absolute Gasteiger partial charge is 0.282 e. The summed E-state index contributed by atoms with van der Waals surface area (Å²) in [5.41, 5.74) is -1.21. The van der Waals surface area contributed by atoms with Gasteiger partial charge >= 0.3 is 6.03 Å². The van der Waals surface area contributed by atoms with Crippen LogP contribution in [0.2, 0.25) is 0 Å². The lowest BCUT2D eigenvalue weighted by atomic mass is 9.86. The lowest BCUT2D eigenvalue weighted by Gasteiger charge is -2.45. The Bertz CT molecular complexity index is 366. The molecule has 0 bridgehead atoms. The van der Waals surface area contributed by atoms with Gasteiger partial charge in [0.2, 0.25) is 0 Å². The van der Waals surface area contributed by atoms with E-state index in [1.807, 2.05) is 4.90 Å². The summed E-state index contributed by atoms with van der Waals surface area (Å²) in [5, 5.41) is 4.42. The van der Waals surface area contributed by atoms with Crippen molar-refractivity contribution in [1.82, 2.24) is 15.5 Å². The van der Waals surface area contributed by atoms with Crippen molar-refractivity contribution in [3.8, 4) is 0 Å². The maximum Gasteiger partial charge on any atom is 0.328 e. The summed E-state index contributed by atoms with van der Waals surface area (Å²) in [4.78, 5) is 37.3. The fraction of sp³-hybridized carbons (Fsp3) is 0.750. The monoisotopic (exact) mass is 253 g/mol. The van der Waals surface area contributed by atoms with Gasteiger partial charge in [-0.15, -0.1) is 0 Å². The second-order valence-electron chi connectivity index (χ2n) is 5.12. The van der Waals surface area contributed by atoms with Gasteiger partial charge < -0.3 is 0 Å². The minimum Gasteiger partial charge on any atom is -0.282 e. The predicted molar refractivity (Wildman–Crippen MR) is 64.7 cm³/mol.